The molecule has 104 valence electrons. The maximum atomic E-state index is 12.6. The van der Waals surface area contributed by atoms with E-state index in [1.54, 1.807) is 18.7 Å². The molecule has 1 aliphatic rings. The molecule has 2 nitrogen and oxygen atoms in total. The second kappa shape index (κ2) is 5.54. The van der Waals surface area contributed by atoms with Crippen LogP contribution in [0.5, 0.6) is 0 Å². The number of hydrogen-bond donors (Lipinski definition) is 1. The normalized spacial score (nSPS) is 20.3. The van der Waals surface area contributed by atoms with Crippen LogP contribution < -0.4 is 5.32 Å². The van der Waals surface area contributed by atoms with Crippen molar-refractivity contribution >= 4 is 17.5 Å². The average molecular weight is 289 g/mol. The maximum Gasteiger partial charge on any atom is 0.416 e. The van der Waals surface area contributed by atoms with Crippen molar-refractivity contribution in [3.8, 4) is 0 Å². The van der Waals surface area contributed by atoms with Gasteiger partial charge >= 0.3 is 6.18 Å². The van der Waals surface area contributed by atoms with Gasteiger partial charge in [-0.25, -0.2) is 0 Å². The van der Waals surface area contributed by atoms with Gasteiger partial charge in [-0.1, -0.05) is 6.07 Å². The van der Waals surface area contributed by atoms with Crippen molar-refractivity contribution in [2.45, 2.75) is 19.1 Å². The van der Waals surface area contributed by atoms with E-state index in [-0.39, 0.29) is 11.8 Å². The van der Waals surface area contributed by atoms with E-state index < -0.39 is 11.7 Å². The lowest BCUT2D eigenvalue weighted by atomic mass is 9.98. The molecule has 0 bridgehead atoms. The van der Waals surface area contributed by atoms with Crippen LogP contribution in [-0.2, 0) is 6.18 Å². The fraction of sp³-hybridized carbons (Fsp3) is 0.462. The third-order valence-electron chi connectivity index (χ3n) is 3.06. The number of Topliss-reactive ketones (excluding diaryl/α,β-unsaturated/α-hetero) is 1. The van der Waals surface area contributed by atoms with Gasteiger partial charge in [0.2, 0.25) is 0 Å². The van der Waals surface area contributed by atoms with Crippen molar-refractivity contribution < 1.29 is 18.0 Å². The molecule has 0 saturated carbocycles. The van der Waals surface area contributed by atoms with Crippen molar-refractivity contribution in [2.75, 3.05) is 18.1 Å². The number of thioether (sulfide) groups is 1. The summed E-state index contributed by atoms with van der Waals surface area (Å²) in [5, 5.41) is 3.10. The van der Waals surface area contributed by atoms with E-state index in [1.807, 2.05) is 0 Å². The molecule has 1 heterocycles. The molecule has 1 aliphatic heterocycles. The fourth-order valence-corrected chi connectivity index (χ4v) is 2.97. The van der Waals surface area contributed by atoms with Crippen LogP contribution in [0.3, 0.4) is 0 Å². The zero-order valence-electron chi connectivity index (χ0n) is 10.4. The number of aryl methyl sites for hydroxylation is 1. The Kier molecular flexibility index (Phi) is 4.20. The highest BCUT2D eigenvalue weighted by molar-refractivity contribution is 7.99. The Bertz CT molecular complexity index is 481. The molecule has 0 amide bonds. The van der Waals surface area contributed by atoms with Crippen LogP contribution in [0, 0.1) is 6.92 Å². The van der Waals surface area contributed by atoms with Crippen LogP contribution in [0.15, 0.2) is 18.2 Å². The van der Waals surface area contributed by atoms with Crippen LogP contribution in [0.2, 0.25) is 0 Å². The lowest BCUT2D eigenvalue weighted by Crippen LogP contribution is -2.43. The maximum absolute atomic E-state index is 12.6. The van der Waals surface area contributed by atoms with E-state index in [2.05, 4.69) is 5.32 Å². The Morgan fingerprint density at radius 2 is 2.16 bits per heavy atom. The monoisotopic (exact) mass is 289 g/mol. The fourth-order valence-electron chi connectivity index (χ4n) is 2.04. The van der Waals surface area contributed by atoms with Crippen molar-refractivity contribution in [1.82, 2.24) is 5.32 Å². The number of ketones is 1. The van der Waals surface area contributed by atoms with Crippen LogP contribution in [-0.4, -0.2) is 29.9 Å². The van der Waals surface area contributed by atoms with Gasteiger partial charge in [-0.05, 0) is 24.6 Å². The average Bonchev–Trinajstić information content (AvgIpc) is 2.38. The zero-order valence-corrected chi connectivity index (χ0v) is 11.2. The number of carbonyl (C=O) groups is 1. The summed E-state index contributed by atoms with van der Waals surface area (Å²) in [6, 6.07) is 2.98. The minimum absolute atomic E-state index is 0.126. The molecule has 0 radical (unpaired) electrons. The Balaban J connectivity index is 2.23. The van der Waals surface area contributed by atoms with Crippen LogP contribution in [0.4, 0.5) is 13.2 Å². The van der Waals surface area contributed by atoms with E-state index >= 15 is 0 Å². The van der Waals surface area contributed by atoms with Crippen molar-refractivity contribution in [2.24, 2.45) is 0 Å². The molecule has 1 aromatic carbocycles. The molecule has 1 N–H and O–H groups in total. The number of hydrogen-bond acceptors (Lipinski definition) is 3. The minimum Gasteiger partial charge on any atom is -0.306 e. The number of halogens is 3. The highest BCUT2D eigenvalue weighted by Crippen LogP contribution is 2.30. The summed E-state index contributed by atoms with van der Waals surface area (Å²) in [7, 11) is 0. The quantitative estimate of drug-likeness (QED) is 0.849. The SMILES string of the molecule is Cc1cc(C(F)(F)F)ccc1C(=O)C1CSCCN1. The number of carbonyl (C=O) groups excluding carboxylic acids is 1. The van der Waals surface area contributed by atoms with E-state index in [9.17, 15) is 18.0 Å². The molecular formula is C13H14F3NOS. The number of alkyl halides is 3. The van der Waals surface area contributed by atoms with Gasteiger partial charge in [-0.3, -0.25) is 4.79 Å². The van der Waals surface area contributed by atoms with Gasteiger partial charge in [0.05, 0.1) is 11.6 Å². The smallest absolute Gasteiger partial charge is 0.306 e. The predicted molar refractivity (Wildman–Crippen MR) is 69.6 cm³/mol. The standard InChI is InChI=1S/C13H14F3NOS/c1-8-6-9(13(14,15)16)2-3-10(8)12(18)11-7-19-5-4-17-11/h2-3,6,11,17H,4-5,7H2,1H3. The first-order valence-electron chi connectivity index (χ1n) is 5.93. The van der Waals surface area contributed by atoms with E-state index in [4.69, 9.17) is 0 Å². The topological polar surface area (TPSA) is 29.1 Å². The summed E-state index contributed by atoms with van der Waals surface area (Å²) < 4.78 is 37.7. The van der Waals surface area contributed by atoms with Crippen molar-refractivity contribution in [3.05, 3.63) is 34.9 Å². The van der Waals surface area contributed by atoms with Gasteiger partial charge in [-0.15, -0.1) is 0 Å². The summed E-state index contributed by atoms with van der Waals surface area (Å²) in [6.07, 6.45) is -4.37. The third kappa shape index (κ3) is 3.30. The largest absolute Gasteiger partial charge is 0.416 e. The molecule has 2 rings (SSSR count). The Labute approximate surface area is 113 Å². The first-order valence-corrected chi connectivity index (χ1v) is 7.08. The molecule has 1 atom stereocenters. The lowest BCUT2D eigenvalue weighted by molar-refractivity contribution is -0.137. The zero-order chi connectivity index (χ0) is 14.0. The number of nitrogens with one attached hydrogen (secondary N) is 1. The van der Waals surface area contributed by atoms with E-state index in [0.29, 0.717) is 16.9 Å². The first kappa shape index (κ1) is 14.4. The Hall–Kier alpha value is -1.01. The summed E-state index contributed by atoms with van der Waals surface area (Å²) in [6.45, 7) is 2.29. The molecule has 0 aromatic heterocycles. The number of benzene rings is 1. The highest BCUT2D eigenvalue weighted by atomic mass is 32.2. The summed E-state index contributed by atoms with van der Waals surface area (Å²) in [5.41, 5.74) is 0.0257. The molecule has 19 heavy (non-hydrogen) atoms. The second-order valence-electron chi connectivity index (χ2n) is 4.47. The molecule has 1 saturated heterocycles. The van der Waals surface area contributed by atoms with Gasteiger partial charge in [0.25, 0.3) is 0 Å². The second-order valence-corrected chi connectivity index (χ2v) is 5.62. The molecule has 1 aromatic rings. The van der Waals surface area contributed by atoms with Crippen molar-refractivity contribution in [1.29, 1.82) is 0 Å². The van der Waals surface area contributed by atoms with Crippen molar-refractivity contribution in [3.63, 3.8) is 0 Å². The van der Waals surface area contributed by atoms with Gasteiger partial charge < -0.3 is 5.32 Å². The van der Waals surface area contributed by atoms with Crippen LogP contribution in [0.25, 0.3) is 0 Å². The van der Waals surface area contributed by atoms with Crippen LogP contribution in [0.1, 0.15) is 21.5 Å². The predicted octanol–water partition coefficient (Wildman–Crippen LogP) is 2.90. The third-order valence-corrected chi connectivity index (χ3v) is 4.12. The molecule has 1 unspecified atom stereocenters. The Morgan fingerprint density at radius 3 is 2.68 bits per heavy atom. The minimum atomic E-state index is -4.37. The summed E-state index contributed by atoms with van der Waals surface area (Å²) in [5.74, 6) is 1.49. The Morgan fingerprint density at radius 1 is 1.42 bits per heavy atom. The van der Waals surface area contributed by atoms with Gasteiger partial charge in [0, 0.05) is 23.6 Å². The molecule has 1 fully saturated rings. The summed E-state index contributed by atoms with van der Waals surface area (Å²) >= 11 is 1.68. The molecule has 0 aliphatic carbocycles. The lowest BCUT2D eigenvalue weighted by Gasteiger charge is -2.22. The van der Waals surface area contributed by atoms with Gasteiger partial charge in [0.1, 0.15) is 0 Å². The van der Waals surface area contributed by atoms with Crippen LogP contribution >= 0.6 is 11.8 Å². The highest BCUT2D eigenvalue weighted by Gasteiger charge is 2.31. The molecule has 6 heteroatoms. The number of rotatable bonds is 2. The molecular weight excluding hydrogens is 275 g/mol. The summed E-state index contributed by atoms with van der Waals surface area (Å²) in [4.78, 5) is 12.2. The van der Waals surface area contributed by atoms with E-state index in [0.717, 1.165) is 24.4 Å². The first-order chi connectivity index (χ1) is 8.89. The van der Waals surface area contributed by atoms with E-state index in [1.165, 1.54) is 6.07 Å². The van der Waals surface area contributed by atoms with Gasteiger partial charge in [0.15, 0.2) is 5.78 Å². The molecule has 0 spiro atoms. The van der Waals surface area contributed by atoms with Gasteiger partial charge in [-0.2, -0.15) is 24.9 Å².